The van der Waals surface area contributed by atoms with Gasteiger partial charge in [-0.25, -0.2) is 4.79 Å². The summed E-state index contributed by atoms with van der Waals surface area (Å²) in [5.41, 5.74) is 0.664. The quantitative estimate of drug-likeness (QED) is 0.628. The standard InChI is InChI=1S/C20H24N2O5/c1-27-18(25)15-7-5-14(6-8-15)12-21-16(23)13-22-17(24)11-20(19(22)26)9-3-2-4-10-20/h5-8H,2-4,9-13H2,1H3,(H,21,23). The number of methoxy groups -OCH3 is 1. The van der Waals surface area contributed by atoms with Crippen molar-refractivity contribution in [2.24, 2.45) is 5.41 Å². The number of nitrogens with zero attached hydrogens (tertiary/aromatic N) is 1. The lowest BCUT2D eigenvalue weighted by Crippen LogP contribution is -2.42. The van der Waals surface area contributed by atoms with E-state index < -0.39 is 11.4 Å². The number of carbonyl (C=O) groups is 4. The Hall–Kier alpha value is -2.70. The first-order valence-electron chi connectivity index (χ1n) is 9.24. The molecular weight excluding hydrogens is 348 g/mol. The van der Waals surface area contributed by atoms with Gasteiger partial charge in [-0.1, -0.05) is 31.4 Å². The van der Waals surface area contributed by atoms with Crippen LogP contribution in [-0.4, -0.2) is 42.2 Å². The number of hydrogen-bond donors (Lipinski definition) is 1. The molecule has 1 spiro atoms. The van der Waals surface area contributed by atoms with Gasteiger partial charge in [0.25, 0.3) is 0 Å². The summed E-state index contributed by atoms with van der Waals surface area (Å²) in [5.74, 6) is -1.24. The molecule has 1 aliphatic heterocycles. The summed E-state index contributed by atoms with van der Waals surface area (Å²) in [6, 6.07) is 6.67. The summed E-state index contributed by atoms with van der Waals surface area (Å²) in [4.78, 5) is 49.7. The van der Waals surface area contributed by atoms with Crippen LogP contribution in [0.2, 0.25) is 0 Å². The summed E-state index contributed by atoms with van der Waals surface area (Å²) in [5, 5.41) is 2.72. The van der Waals surface area contributed by atoms with Crippen LogP contribution in [-0.2, 0) is 25.7 Å². The largest absolute Gasteiger partial charge is 0.465 e. The molecule has 1 heterocycles. The van der Waals surface area contributed by atoms with E-state index in [4.69, 9.17) is 0 Å². The van der Waals surface area contributed by atoms with E-state index in [2.05, 4.69) is 10.1 Å². The molecule has 144 valence electrons. The minimum Gasteiger partial charge on any atom is -0.465 e. The normalized spacial score (nSPS) is 18.6. The van der Waals surface area contributed by atoms with Gasteiger partial charge in [-0.05, 0) is 30.5 Å². The second-order valence-corrected chi connectivity index (χ2v) is 7.27. The highest BCUT2D eigenvalue weighted by atomic mass is 16.5. The molecule has 1 aliphatic carbocycles. The molecule has 7 nitrogen and oxygen atoms in total. The molecule has 1 N–H and O–H groups in total. The molecule has 0 radical (unpaired) electrons. The van der Waals surface area contributed by atoms with Crippen molar-refractivity contribution >= 4 is 23.7 Å². The zero-order chi connectivity index (χ0) is 19.4. The third-order valence-electron chi connectivity index (χ3n) is 5.47. The maximum Gasteiger partial charge on any atom is 0.337 e. The second kappa shape index (κ2) is 7.90. The number of benzene rings is 1. The van der Waals surface area contributed by atoms with Gasteiger partial charge in [-0.15, -0.1) is 0 Å². The average molecular weight is 372 g/mol. The van der Waals surface area contributed by atoms with Crippen LogP contribution in [0.3, 0.4) is 0 Å². The van der Waals surface area contributed by atoms with Gasteiger partial charge in [-0.3, -0.25) is 19.3 Å². The number of ether oxygens (including phenoxy) is 1. The second-order valence-electron chi connectivity index (χ2n) is 7.27. The van der Waals surface area contributed by atoms with Crippen LogP contribution in [0.4, 0.5) is 0 Å². The molecule has 1 aromatic rings. The van der Waals surface area contributed by atoms with Gasteiger partial charge in [-0.2, -0.15) is 0 Å². The highest BCUT2D eigenvalue weighted by Gasteiger charge is 2.51. The van der Waals surface area contributed by atoms with Crippen molar-refractivity contribution in [3.63, 3.8) is 0 Å². The fraction of sp³-hybridized carbons (Fsp3) is 0.500. The number of nitrogens with one attached hydrogen (secondary N) is 1. The topological polar surface area (TPSA) is 92.8 Å². The molecule has 1 saturated carbocycles. The lowest BCUT2D eigenvalue weighted by atomic mass is 9.73. The van der Waals surface area contributed by atoms with Crippen LogP contribution in [0.25, 0.3) is 0 Å². The van der Waals surface area contributed by atoms with Crippen LogP contribution >= 0.6 is 0 Å². The molecule has 3 rings (SSSR count). The predicted octanol–water partition coefficient (Wildman–Crippen LogP) is 1.80. The van der Waals surface area contributed by atoms with Crippen LogP contribution in [0.5, 0.6) is 0 Å². The number of imide groups is 1. The monoisotopic (exact) mass is 372 g/mol. The summed E-state index contributed by atoms with van der Waals surface area (Å²) >= 11 is 0. The van der Waals surface area contributed by atoms with Crippen molar-refractivity contribution < 1.29 is 23.9 Å². The Balaban J connectivity index is 1.54. The number of amides is 3. The van der Waals surface area contributed by atoms with Gasteiger partial charge in [0.05, 0.1) is 18.1 Å². The maximum absolute atomic E-state index is 12.7. The van der Waals surface area contributed by atoms with Gasteiger partial charge in [0.15, 0.2) is 0 Å². The molecule has 1 saturated heterocycles. The number of likely N-dealkylation sites (tertiary alicyclic amines) is 1. The van der Waals surface area contributed by atoms with Gasteiger partial charge < -0.3 is 10.1 Å². The Bertz CT molecular complexity index is 750. The van der Waals surface area contributed by atoms with E-state index in [9.17, 15) is 19.2 Å². The van der Waals surface area contributed by atoms with Crippen molar-refractivity contribution in [1.29, 1.82) is 0 Å². The zero-order valence-electron chi connectivity index (χ0n) is 15.5. The number of esters is 1. The predicted molar refractivity (Wildman–Crippen MR) is 96.5 cm³/mol. The third kappa shape index (κ3) is 4.02. The molecule has 3 amide bonds. The van der Waals surface area contributed by atoms with Gasteiger partial charge in [0, 0.05) is 13.0 Å². The Labute approximate surface area is 158 Å². The van der Waals surface area contributed by atoms with Gasteiger partial charge >= 0.3 is 5.97 Å². The highest BCUT2D eigenvalue weighted by Crippen LogP contribution is 2.45. The highest BCUT2D eigenvalue weighted by molar-refractivity contribution is 6.08. The minimum atomic E-state index is -0.570. The van der Waals surface area contributed by atoms with Gasteiger partial charge in [0.1, 0.15) is 6.54 Å². The third-order valence-corrected chi connectivity index (χ3v) is 5.47. The van der Waals surface area contributed by atoms with E-state index in [1.807, 2.05) is 0 Å². The van der Waals surface area contributed by atoms with Crippen LogP contribution < -0.4 is 5.32 Å². The SMILES string of the molecule is COC(=O)c1ccc(CNC(=O)CN2C(=O)CC3(CCCCC3)C2=O)cc1. The van der Waals surface area contributed by atoms with E-state index in [1.165, 1.54) is 7.11 Å². The molecule has 2 aliphatic rings. The molecule has 1 aromatic carbocycles. The number of rotatable bonds is 5. The molecule has 0 unspecified atom stereocenters. The van der Waals surface area contributed by atoms with E-state index in [1.54, 1.807) is 24.3 Å². The minimum absolute atomic E-state index is 0.190. The smallest absolute Gasteiger partial charge is 0.337 e. The van der Waals surface area contributed by atoms with E-state index >= 15 is 0 Å². The lowest BCUT2D eigenvalue weighted by Gasteiger charge is -2.30. The maximum atomic E-state index is 12.7. The fourth-order valence-electron chi connectivity index (χ4n) is 3.92. The van der Waals surface area contributed by atoms with E-state index in [0.717, 1.165) is 42.6 Å². The number of hydrogen-bond acceptors (Lipinski definition) is 5. The molecule has 7 heteroatoms. The molecule has 0 bridgehead atoms. The van der Waals surface area contributed by atoms with E-state index in [-0.39, 0.29) is 37.2 Å². The van der Waals surface area contributed by atoms with Crippen molar-refractivity contribution in [2.75, 3.05) is 13.7 Å². The van der Waals surface area contributed by atoms with Gasteiger partial charge in [0.2, 0.25) is 17.7 Å². The molecule has 27 heavy (non-hydrogen) atoms. The lowest BCUT2D eigenvalue weighted by molar-refractivity contribution is -0.145. The number of carbonyl (C=O) groups excluding carboxylic acids is 4. The first kappa shape index (κ1) is 19.1. The molecule has 0 atom stereocenters. The van der Waals surface area contributed by atoms with Crippen molar-refractivity contribution in [2.45, 2.75) is 45.1 Å². The van der Waals surface area contributed by atoms with Crippen molar-refractivity contribution in [3.8, 4) is 0 Å². The first-order chi connectivity index (χ1) is 12.9. The molecule has 2 fully saturated rings. The Morgan fingerprint density at radius 3 is 2.41 bits per heavy atom. The summed E-state index contributed by atoms with van der Waals surface area (Å²) < 4.78 is 4.64. The fourth-order valence-corrected chi connectivity index (χ4v) is 3.92. The molecular formula is C20H24N2O5. The summed E-state index contributed by atoms with van der Waals surface area (Å²) in [6.07, 6.45) is 4.72. The zero-order valence-corrected chi connectivity index (χ0v) is 15.5. The summed E-state index contributed by atoms with van der Waals surface area (Å²) in [7, 11) is 1.31. The Morgan fingerprint density at radius 1 is 1.11 bits per heavy atom. The van der Waals surface area contributed by atoms with Crippen molar-refractivity contribution in [1.82, 2.24) is 10.2 Å². The molecule has 0 aromatic heterocycles. The van der Waals surface area contributed by atoms with Crippen molar-refractivity contribution in [3.05, 3.63) is 35.4 Å². The average Bonchev–Trinajstić information content (AvgIpc) is 2.90. The first-order valence-corrected chi connectivity index (χ1v) is 9.24. The summed E-state index contributed by atoms with van der Waals surface area (Å²) in [6.45, 7) is 0.0152. The Kier molecular flexibility index (Phi) is 5.58. The Morgan fingerprint density at radius 2 is 1.78 bits per heavy atom. The van der Waals surface area contributed by atoms with Crippen LogP contribution in [0, 0.1) is 5.41 Å². The van der Waals surface area contributed by atoms with Crippen LogP contribution in [0.1, 0.15) is 54.4 Å². The van der Waals surface area contributed by atoms with Crippen LogP contribution in [0.15, 0.2) is 24.3 Å². The van der Waals surface area contributed by atoms with E-state index in [0.29, 0.717) is 5.56 Å².